The Labute approximate surface area is 92.7 Å². The van der Waals surface area contributed by atoms with Gasteiger partial charge in [-0.25, -0.2) is 0 Å². The largest absolute Gasteiger partial charge is 0.367 e. The number of likely N-dealkylation sites (N-methyl/N-ethyl adjacent to an activating group) is 1. The van der Waals surface area contributed by atoms with E-state index in [2.05, 4.69) is 43.0 Å². The smallest absolute Gasteiger partial charge is 0.00418 e. The molecule has 3 N–H and O–H groups in total. The predicted octanol–water partition coefficient (Wildman–Crippen LogP) is 1.47. The summed E-state index contributed by atoms with van der Waals surface area (Å²) in [6, 6.07) is 2.13. The molecule has 3 nitrogen and oxygen atoms in total. The Balaban J connectivity index is 2.27. The summed E-state index contributed by atoms with van der Waals surface area (Å²) in [4.78, 5) is 5.42. The van der Waals surface area contributed by atoms with E-state index in [1.54, 1.807) is 0 Å². The van der Waals surface area contributed by atoms with Gasteiger partial charge in [0.15, 0.2) is 0 Å². The summed E-state index contributed by atoms with van der Waals surface area (Å²) in [6.07, 6.45) is 5.13. The zero-order valence-corrected chi connectivity index (χ0v) is 10.1. The van der Waals surface area contributed by atoms with Gasteiger partial charge in [-0.05, 0) is 37.1 Å². The van der Waals surface area contributed by atoms with E-state index in [-0.39, 0.29) is 5.41 Å². The summed E-state index contributed by atoms with van der Waals surface area (Å²) in [5.41, 5.74) is 7.30. The van der Waals surface area contributed by atoms with E-state index in [4.69, 9.17) is 5.73 Å². The number of nitrogens with one attached hydrogen (secondary N) is 1. The lowest BCUT2D eigenvalue weighted by Gasteiger charge is -2.28. The minimum Gasteiger partial charge on any atom is -0.367 e. The third-order valence-corrected chi connectivity index (χ3v) is 2.70. The first-order valence-electron chi connectivity index (χ1n) is 5.54. The third kappa shape index (κ3) is 4.49. The van der Waals surface area contributed by atoms with Crippen LogP contribution in [0, 0.1) is 5.41 Å². The molecular weight excluding hydrogens is 186 g/mol. The highest BCUT2D eigenvalue weighted by Gasteiger charge is 2.17. The van der Waals surface area contributed by atoms with Crippen molar-refractivity contribution < 1.29 is 0 Å². The summed E-state index contributed by atoms with van der Waals surface area (Å²) in [7, 11) is 2.16. The van der Waals surface area contributed by atoms with Crippen molar-refractivity contribution in [3.8, 4) is 0 Å². The van der Waals surface area contributed by atoms with Crippen LogP contribution in [0.5, 0.6) is 0 Å². The van der Waals surface area contributed by atoms with Crippen LogP contribution in [0.4, 0.5) is 0 Å². The Morgan fingerprint density at radius 1 is 1.47 bits per heavy atom. The van der Waals surface area contributed by atoms with Gasteiger partial charge in [-0.3, -0.25) is 0 Å². The topological polar surface area (TPSA) is 45.0 Å². The average molecular weight is 209 g/mol. The maximum Gasteiger partial charge on any atom is 0.00418 e. The van der Waals surface area contributed by atoms with Crippen LogP contribution in [0.15, 0.2) is 18.5 Å². The fraction of sp³-hybridized carbons (Fsp3) is 0.667. The highest BCUT2D eigenvalue weighted by molar-refractivity contribution is 5.08. The standard InChI is InChI=1S/C12H23N3/c1-12(2,9-13)10-15(3)7-5-11-4-6-14-8-11/h4,6,8,14H,5,7,9-10,13H2,1-3H3. The van der Waals surface area contributed by atoms with Crippen LogP contribution in [0.25, 0.3) is 0 Å². The van der Waals surface area contributed by atoms with Gasteiger partial charge in [0.05, 0.1) is 0 Å². The van der Waals surface area contributed by atoms with Gasteiger partial charge >= 0.3 is 0 Å². The van der Waals surface area contributed by atoms with Gasteiger partial charge in [0, 0.05) is 25.5 Å². The molecule has 0 unspecified atom stereocenters. The predicted molar refractivity (Wildman–Crippen MR) is 64.8 cm³/mol. The number of nitrogens with two attached hydrogens (primary N) is 1. The molecule has 1 heterocycles. The Hall–Kier alpha value is -0.800. The zero-order valence-electron chi connectivity index (χ0n) is 10.1. The van der Waals surface area contributed by atoms with Crippen LogP contribution in [-0.2, 0) is 6.42 Å². The lowest BCUT2D eigenvalue weighted by molar-refractivity contribution is 0.218. The molecular formula is C12H23N3. The minimum absolute atomic E-state index is 0.215. The van der Waals surface area contributed by atoms with Crippen molar-refractivity contribution in [3.63, 3.8) is 0 Å². The highest BCUT2D eigenvalue weighted by Crippen LogP contribution is 2.14. The molecule has 0 atom stereocenters. The van der Waals surface area contributed by atoms with Gasteiger partial charge in [0.2, 0.25) is 0 Å². The van der Waals surface area contributed by atoms with Crippen LogP contribution >= 0.6 is 0 Å². The van der Waals surface area contributed by atoms with Crippen molar-refractivity contribution >= 4 is 0 Å². The van der Waals surface area contributed by atoms with Gasteiger partial charge in [-0.2, -0.15) is 0 Å². The van der Waals surface area contributed by atoms with E-state index in [9.17, 15) is 0 Å². The lowest BCUT2D eigenvalue weighted by Crippen LogP contribution is -2.37. The summed E-state index contributed by atoms with van der Waals surface area (Å²) in [5.74, 6) is 0. The summed E-state index contributed by atoms with van der Waals surface area (Å²) in [5, 5.41) is 0. The van der Waals surface area contributed by atoms with Crippen molar-refractivity contribution in [1.82, 2.24) is 9.88 Å². The molecule has 0 aliphatic rings. The normalized spacial score (nSPS) is 12.3. The second-order valence-electron chi connectivity index (χ2n) is 5.08. The van der Waals surface area contributed by atoms with Gasteiger partial charge in [0.1, 0.15) is 0 Å². The van der Waals surface area contributed by atoms with Crippen molar-refractivity contribution in [2.75, 3.05) is 26.7 Å². The summed E-state index contributed by atoms with van der Waals surface area (Å²) >= 11 is 0. The number of H-pyrrole nitrogens is 1. The van der Waals surface area contributed by atoms with E-state index in [0.717, 1.165) is 26.1 Å². The summed E-state index contributed by atoms with van der Waals surface area (Å²) < 4.78 is 0. The van der Waals surface area contributed by atoms with Crippen LogP contribution in [-0.4, -0.2) is 36.6 Å². The van der Waals surface area contributed by atoms with Gasteiger partial charge in [0.25, 0.3) is 0 Å². The molecule has 0 saturated heterocycles. The van der Waals surface area contributed by atoms with Crippen molar-refractivity contribution in [2.45, 2.75) is 20.3 Å². The van der Waals surface area contributed by atoms with E-state index in [1.165, 1.54) is 5.56 Å². The molecule has 3 heteroatoms. The van der Waals surface area contributed by atoms with Crippen LogP contribution in [0.1, 0.15) is 19.4 Å². The number of hydrogen-bond acceptors (Lipinski definition) is 2. The average Bonchev–Trinajstić information content (AvgIpc) is 2.66. The molecule has 15 heavy (non-hydrogen) atoms. The lowest BCUT2D eigenvalue weighted by atomic mass is 9.93. The fourth-order valence-corrected chi connectivity index (χ4v) is 1.71. The second-order valence-corrected chi connectivity index (χ2v) is 5.08. The molecule has 0 spiro atoms. The Bertz CT molecular complexity index is 264. The monoisotopic (exact) mass is 209 g/mol. The molecule has 1 rings (SSSR count). The maximum absolute atomic E-state index is 5.71. The quantitative estimate of drug-likeness (QED) is 0.745. The number of hydrogen-bond donors (Lipinski definition) is 2. The third-order valence-electron chi connectivity index (χ3n) is 2.70. The van der Waals surface area contributed by atoms with Crippen LogP contribution in [0.3, 0.4) is 0 Å². The Morgan fingerprint density at radius 2 is 2.20 bits per heavy atom. The maximum atomic E-state index is 5.71. The molecule has 0 aliphatic heterocycles. The number of rotatable bonds is 6. The van der Waals surface area contributed by atoms with Gasteiger partial charge in [-0.15, -0.1) is 0 Å². The Kier molecular flexibility index (Phi) is 4.36. The van der Waals surface area contributed by atoms with Crippen molar-refractivity contribution in [3.05, 3.63) is 24.0 Å². The van der Waals surface area contributed by atoms with Gasteiger partial charge < -0.3 is 15.6 Å². The number of nitrogens with zero attached hydrogens (tertiary/aromatic N) is 1. The second kappa shape index (κ2) is 5.33. The molecule has 1 aromatic rings. The molecule has 0 amide bonds. The van der Waals surface area contributed by atoms with E-state index in [1.807, 2.05) is 6.20 Å². The van der Waals surface area contributed by atoms with Crippen molar-refractivity contribution in [2.24, 2.45) is 11.1 Å². The summed E-state index contributed by atoms with van der Waals surface area (Å²) in [6.45, 7) is 7.29. The molecule has 0 aromatic carbocycles. The Morgan fingerprint density at radius 3 is 2.73 bits per heavy atom. The van der Waals surface area contributed by atoms with Gasteiger partial charge in [-0.1, -0.05) is 13.8 Å². The van der Waals surface area contributed by atoms with E-state index < -0.39 is 0 Å². The minimum atomic E-state index is 0.215. The van der Waals surface area contributed by atoms with E-state index >= 15 is 0 Å². The first kappa shape index (κ1) is 12.3. The van der Waals surface area contributed by atoms with E-state index in [0.29, 0.717) is 0 Å². The first-order chi connectivity index (χ1) is 7.03. The zero-order chi connectivity index (χ0) is 11.3. The molecule has 0 aliphatic carbocycles. The molecule has 0 radical (unpaired) electrons. The molecule has 86 valence electrons. The molecule has 0 saturated carbocycles. The molecule has 0 fully saturated rings. The SMILES string of the molecule is CN(CCc1cc[nH]c1)CC(C)(C)CN. The molecule has 0 bridgehead atoms. The molecule has 1 aromatic heterocycles. The first-order valence-corrected chi connectivity index (χ1v) is 5.54. The van der Waals surface area contributed by atoms with Crippen LogP contribution < -0.4 is 5.73 Å². The van der Waals surface area contributed by atoms with Crippen molar-refractivity contribution in [1.29, 1.82) is 0 Å². The number of aromatic amines is 1. The van der Waals surface area contributed by atoms with Crippen LogP contribution in [0.2, 0.25) is 0 Å². The number of aromatic nitrogens is 1. The fourth-order valence-electron chi connectivity index (χ4n) is 1.71. The highest BCUT2D eigenvalue weighted by atomic mass is 15.1.